The van der Waals surface area contributed by atoms with Gasteiger partial charge in [0.1, 0.15) is 5.82 Å². The number of halogens is 1. The van der Waals surface area contributed by atoms with Crippen molar-refractivity contribution in [3.8, 4) is 0 Å². The number of rotatable bonds is 6. The predicted molar refractivity (Wildman–Crippen MR) is 89.0 cm³/mol. The SMILES string of the molecule is C=CCN(c1ccc(F)cc1)S(=O)(=O)c1ccc(C)c([N+](=O)[O-])c1. The Balaban J connectivity index is 2.56. The maximum absolute atomic E-state index is 13.1. The van der Waals surface area contributed by atoms with E-state index in [1.807, 2.05) is 0 Å². The summed E-state index contributed by atoms with van der Waals surface area (Å²) in [6.07, 6.45) is 1.38. The van der Waals surface area contributed by atoms with Gasteiger partial charge in [-0.25, -0.2) is 12.8 Å². The van der Waals surface area contributed by atoms with E-state index in [9.17, 15) is 22.9 Å². The van der Waals surface area contributed by atoms with E-state index in [1.54, 1.807) is 0 Å². The Hall–Kier alpha value is -2.74. The van der Waals surface area contributed by atoms with E-state index in [-0.39, 0.29) is 22.8 Å². The highest BCUT2D eigenvalue weighted by Crippen LogP contribution is 2.28. The second kappa shape index (κ2) is 6.79. The molecule has 2 rings (SSSR count). The van der Waals surface area contributed by atoms with Crippen LogP contribution in [0.4, 0.5) is 15.8 Å². The first-order valence-corrected chi connectivity index (χ1v) is 8.35. The summed E-state index contributed by atoms with van der Waals surface area (Å²) in [6, 6.07) is 8.61. The minimum absolute atomic E-state index is 0.0599. The van der Waals surface area contributed by atoms with Crippen molar-refractivity contribution in [3.63, 3.8) is 0 Å². The average Bonchev–Trinajstić information content (AvgIpc) is 2.53. The third-order valence-electron chi connectivity index (χ3n) is 3.37. The van der Waals surface area contributed by atoms with Crippen LogP contribution in [-0.4, -0.2) is 19.9 Å². The van der Waals surface area contributed by atoms with Crippen LogP contribution in [0.3, 0.4) is 0 Å². The van der Waals surface area contributed by atoms with E-state index in [4.69, 9.17) is 0 Å². The number of nitro groups is 1. The van der Waals surface area contributed by atoms with Crippen molar-refractivity contribution < 1.29 is 17.7 Å². The molecule has 0 unspecified atom stereocenters. The molecule has 0 aliphatic heterocycles. The van der Waals surface area contributed by atoms with E-state index in [0.717, 1.165) is 22.5 Å². The molecule has 0 fully saturated rings. The highest BCUT2D eigenvalue weighted by atomic mass is 32.2. The van der Waals surface area contributed by atoms with Gasteiger partial charge in [0, 0.05) is 11.6 Å². The summed E-state index contributed by atoms with van der Waals surface area (Å²) in [5.41, 5.74) is 0.310. The first kappa shape index (κ1) is 17.6. The molecule has 0 aliphatic carbocycles. The molecule has 8 heteroatoms. The smallest absolute Gasteiger partial charge is 0.263 e. The van der Waals surface area contributed by atoms with Crippen LogP contribution >= 0.6 is 0 Å². The molecule has 2 aromatic rings. The molecule has 2 aromatic carbocycles. The van der Waals surface area contributed by atoms with Gasteiger partial charge in [-0.05, 0) is 37.3 Å². The molecule has 0 aliphatic rings. The quantitative estimate of drug-likeness (QED) is 0.454. The first-order chi connectivity index (χ1) is 11.3. The fourth-order valence-corrected chi connectivity index (χ4v) is 3.60. The molecule has 0 saturated carbocycles. The van der Waals surface area contributed by atoms with Crippen LogP contribution in [-0.2, 0) is 10.0 Å². The monoisotopic (exact) mass is 350 g/mol. The number of aryl methyl sites for hydroxylation is 1. The van der Waals surface area contributed by atoms with Gasteiger partial charge in [0.25, 0.3) is 15.7 Å². The number of nitrogens with zero attached hydrogens (tertiary/aromatic N) is 2. The Bertz CT molecular complexity index is 879. The maximum Gasteiger partial charge on any atom is 0.273 e. The molecule has 126 valence electrons. The van der Waals surface area contributed by atoms with Crippen molar-refractivity contribution in [2.45, 2.75) is 11.8 Å². The van der Waals surface area contributed by atoms with E-state index >= 15 is 0 Å². The summed E-state index contributed by atoms with van der Waals surface area (Å²) < 4.78 is 39.8. The molecule has 6 nitrogen and oxygen atoms in total. The lowest BCUT2D eigenvalue weighted by atomic mass is 10.2. The standard InChI is InChI=1S/C16H15FN2O4S/c1-3-10-18(14-7-5-13(17)6-8-14)24(22,23)15-9-4-12(2)16(11-15)19(20)21/h3-9,11H,1,10H2,2H3. The average molecular weight is 350 g/mol. The molecule has 0 aromatic heterocycles. The second-order valence-electron chi connectivity index (χ2n) is 5.01. The predicted octanol–water partition coefficient (Wildman–Crippen LogP) is 3.42. The van der Waals surface area contributed by atoms with E-state index in [1.165, 1.54) is 37.3 Å². The molecule has 0 radical (unpaired) electrons. The Morgan fingerprint density at radius 2 is 1.88 bits per heavy atom. The van der Waals surface area contributed by atoms with Crippen LogP contribution in [0.25, 0.3) is 0 Å². The van der Waals surface area contributed by atoms with Crippen molar-refractivity contribution in [1.29, 1.82) is 0 Å². The molecular formula is C16H15FN2O4S. The molecule has 0 bridgehead atoms. The lowest BCUT2D eigenvalue weighted by Gasteiger charge is -2.23. The lowest BCUT2D eigenvalue weighted by Crippen LogP contribution is -2.31. The summed E-state index contributed by atoms with van der Waals surface area (Å²) in [5.74, 6) is -0.499. The van der Waals surface area contributed by atoms with Gasteiger partial charge in [-0.15, -0.1) is 6.58 Å². The minimum Gasteiger partial charge on any atom is -0.263 e. The van der Waals surface area contributed by atoms with E-state index < -0.39 is 20.8 Å². The van der Waals surface area contributed by atoms with E-state index in [0.29, 0.717) is 5.56 Å². The second-order valence-corrected chi connectivity index (χ2v) is 6.87. The fraction of sp³-hybridized carbons (Fsp3) is 0.125. The maximum atomic E-state index is 13.1. The highest BCUT2D eigenvalue weighted by Gasteiger charge is 2.26. The Morgan fingerprint density at radius 1 is 1.25 bits per heavy atom. The zero-order chi connectivity index (χ0) is 17.9. The molecule has 0 N–H and O–H groups in total. The third kappa shape index (κ3) is 3.43. The zero-order valence-corrected chi connectivity index (χ0v) is 13.7. The summed E-state index contributed by atoms with van der Waals surface area (Å²) in [4.78, 5) is 10.2. The molecular weight excluding hydrogens is 335 g/mol. The van der Waals surface area contributed by atoms with Crippen LogP contribution in [0.15, 0.2) is 60.0 Å². The molecule has 0 atom stereocenters. The third-order valence-corrected chi connectivity index (χ3v) is 5.16. The van der Waals surface area contributed by atoms with Gasteiger partial charge in [-0.2, -0.15) is 0 Å². The van der Waals surface area contributed by atoms with Crippen molar-refractivity contribution in [1.82, 2.24) is 0 Å². The Kier molecular flexibility index (Phi) is 4.99. The summed E-state index contributed by atoms with van der Waals surface area (Å²) in [6.45, 7) is 4.99. The van der Waals surface area contributed by atoms with Crippen molar-refractivity contribution in [2.24, 2.45) is 0 Å². The molecule has 0 amide bonds. The summed E-state index contributed by atoms with van der Waals surface area (Å²) >= 11 is 0. The van der Waals surface area contributed by atoms with Crippen LogP contribution in [0.2, 0.25) is 0 Å². The minimum atomic E-state index is -4.07. The Morgan fingerprint density at radius 3 is 2.42 bits per heavy atom. The van der Waals surface area contributed by atoms with Crippen molar-refractivity contribution >= 4 is 21.4 Å². The molecule has 0 spiro atoms. The van der Waals surface area contributed by atoms with Gasteiger partial charge in [-0.3, -0.25) is 14.4 Å². The van der Waals surface area contributed by atoms with Crippen LogP contribution in [0.5, 0.6) is 0 Å². The number of hydrogen-bond donors (Lipinski definition) is 0. The number of benzene rings is 2. The van der Waals surface area contributed by atoms with Crippen LogP contribution in [0.1, 0.15) is 5.56 Å². The van der Waals surface area contributed by atoms with Crippen LogP contribution < -0.4 is 4.31 Å². The number of sulfonamides is 1. The van der Waals surface area contributed by atoms with Gasteiger partial charge in [0.05, 0.1) is 22.1 Å². The highest BCUT2D eigenvalue weighted by molar-refractivity contribution is 7.92. The summed E-state index contributed by atoms with van der Waals surface area (Å²) in [7, 11) is -4.07. The zero-order valence-electron chi connectivity index (χ0n) is 12.8. The Labute approximate surface area is 139 Å². The topological polar surface area (TPSA) is 80.5 Å². The first-order valence-electron chi connectivity index (χ1n) is 6.91. The van der Waals surface area contributed by atoms with Gasteiger partial charge >= 0.3 is 0 Å². The largest absolute Gasteiger partial charge is 0.273 e. The number of anilines is 1. The number of nitro benzene ring substituents is 1. The lowest BCUT2D eigenvalue weighted by molar-refractivity contribution is -0.385. The fourth-order valence-electron chi connectivity index (χ4n) is 2.14. The van der Waals surface area contributed by atoms with E-state index in [2.05, 4.69) is 6.58 Å². The van der Waals surface area contributed by atoms with Crippen molar-refractivity contribution in [2.75, 3.05) is 10.8 Å². The van der Waals surface area contributed by atoms with Crippen LogP contribution in [0, 0.1) is 22.9 Å². The molecule has 0 saturated heterocycles. The van der Waals surface area contributed by atoms with Gasteiger partial charge < -0.3 is 0 Å². The van der Waals surface area contributed by atoms with Crippen molar-refractivity contribution in [3.05, 3.63) is 76.6 Å². The molecule has 0 heterocycles. The van der Waals surface area contributed by atoms with Gasteiger partial charge in [0.15, 0.2) is 0 Å². The van der Waals surface area contributed by atoms with Gasteiger partial charge in [-0.1, -0.05) is 12.1 Å². The molecule has 24 heavy (non-hydrogen) atoms. The summed E-state index contributed by atoms with van der Waals surface area (Å²) in [5, 5.41) is 11.0. The van der Waals surface area contributed by atoms with Gasteiger partial charge in [0.2, 0.25) is 0 Å². The normalized spacial score (nSPS) is 11.1. The number of hydrogen-bond acceptors (Lipinski definition) is 4.